The van der Waals surface area contributed by atoms with Crippen molar-refractivity contribution in [2.24, 2.45) is 0 Å². The van der Waals surface area contributed by atoms with Crippen molar-refractivity contribution >= 4 is 0 Å². The van der Waals surface area contributed by atoms with Gasteiger partial charge in [-0.2, -0.15) is 5.10 Å². The molecule has 0 aliphatic heterocycles. The number of hydrogen-bond donors (Lipinski definition) is 1. The first-order chi connectivity index (χ1) is 8.67. The van der Waals surface area contributed by atoms with Crippen LogP contribution >= 0.6 is 0 Å². The molecular formula is C13H21F2N3. The van der Waals surface area contributed by atoms with Gasteiger partial charge in [-0.1, -0.05) is 13.8 Å². The lowest BCUT2D eigenvalue weighted by Gasteiger charge is -2.17. The summed E-state index contributed by atoms with van der Waals surface area (Å²) in [6.45, 7) is 4.52. The molecule has 1 aromatic heterocycles. The third-order valence-corrected chi connectivity index (χ3v) is 3.57. The largest absolute Gasteiger partial charge is 0.310 e. The Bertz CT molecular complexity index is 382. The average molecular weight is 257 g/mol. The molecule has 1 aliphatic carbocycles. The first-order valence-electron chi connectivity index (χ1n) is 6.75. The predicted octanol–water partition coefficient (Wildman–Crippen LogP) is 3.43. The highest BCUT2D eigenvalue weighted by Gasteiger charge is 2.25. The zero-order chi connectivity index (χ0) is 13.1. The molecule has 18 heavy (non-hydrogen) atoms. The van der Waals surface area contributed by atoms with Crippen molar-refractivity contribution in [1.82, 2.24) is 15.1 Å². The fourth-order valence-corrected chi connectivity index (χ4v) is 2.25. The van der Waals surface area contributed by atoms with Gasteiger partial charge in [0.15, 0.2) is 0 Å². The summed E-state index contributed by atoms with van der Waals surface area (Å²) >= 11 is 0. The van der Waals surface area contributed by atoms with Crippen LogP contribution in [0.3, 0.4) is 0 Å². The summed E-state index contributed by atoms with van der Waals surface area (Å²) in [5, 5.41) is 7.44. The standard InChI is InChI=1S/C13H21F2N3/c1-3-11(4-2)18-12(13(14)15)9(8-17-18)7-16-10-5-6-10/h8,10-11,13,16H,3-7H2,1-2H3. The minimum absolute atomic E-state index is 0.0728. The number of alkyl halides is 2. The molecule has 0 aromatic carbocycles. The quantitative estimate of drug-likeness (QED) is 0.811. The molecule has 1 aliphatic rings. The van der Waals surface area contributed by atoms with Crippen LogP contribution < -0.4 is 5.32 Å². The molecule has 1 fully saturated rings. The molecule has 1 N–H and O–H groups in total. The van der Waals surface area contributed by atoms with Crippen LogP contribution in [0.5, 0.6) is 0 Å². The fraction of sp³-hybridized carbons (Fsp3) is 0.769. The van der Waals surface area contributed by atoms with Gasteiger partial charge in [-0.05, 0) is 25.7 Å². The third-order valence-electron chi connectivity index (χ3n) is 3.57. The van der Waals surface area contributed by atoms with Crippen LogP contribution in [0, 0.1) is 0 Å². The molecule has 1 saturated carbocycles. The SMILES string of the molecule is CCC(CC)n1ncc(CNC2CC2)c1C(F)F. The first-order valence-corrected chi connectivity index (χ1v) is 6.75. The normalized spacial score (nSPS) is 15.9. The highest BCUT2D eigenvalue weighted by Crippen LogP contribution is 2.29. The smallest absolute Gasteiger partial charge is 0.280 e. The molecule has 5 heteroatoms. The van der Waals surface area contributed by atoms with E-state index in [1.54, 1.807) is 6.20 Å². The lowest BCUT2D eigenvalue weighted by atomic mass is 10.1. The topological polar surface area (TPSA) is 29.9 Å². The van der Waals surface area contributed by atoms with Gasteiger partial charge < -0.3 is 5.32 Å². The van der Waals surface area contributed by atoms with Crippen LogP contribution in [-0.4, -0.2) is 15.8 Å². The van der Waals surface area contributed by atoms with Crippen molar-refractivity contribution in [3.8, 4) is 0 Å². The van der Waals surface area contributed by atoms with E-state index >= 15 is 0 Å². The van der Waals surface area contributed by atoms with Crippen LogP contribution in [0.2, 0.25) is 0 Å². The Morgan fingerprint density at radius 3 is 2.56 bits per heavy atom. The summed E-state index contributed by atoms with van der Waals surface area (Å²) < 4.78 is 27.9. The highest BCUT2D eigenvalue weighted by atomic mass is 19.3. The highest BCUT2D eigenvalue weighted by molar-refractivity contribution is 5.20. The van der Waals surface area contributed by atoms with Crippen molar-refractivity contribution in [2.45, 2.75) is 64.6 Å². The molecule has 0 spiro atoms. The summed E-state index contributed by atoms with van der Waals surface area (Å²) in [6, 6.07) is 0.593. The number of nitrogens with zero attached hydrogens (tertiary/aromatic N) is 2. The summed E-state index contributed by atoms with van der Waals surface area (Å²) in [7, 11) is 0. The number of nitrogens with one attached hydrogen (secondary N) is 1. The molecule has 1 heterocycles. The van der Waals surface area contributed by atoms with Gasteiger partial charge >= 0.3 is 0 Å². The van der Waals surface area contributed by atoms with Crippen LogP contribution in [0.4, 0.5) is 8.78 Å². The average Bonchev–Trinajstić information content (AvgIpc) is 3.08. The number of aromatic nitrogens is 2. The first kappa shape index (κ1) is 13.5. The second kappa shape index (κ2) is 5.78. The van der Waals surface area contributed by atoms with Gasteiger partial charge in [0, 0.05) is 18.2 Å². The minimum atomic E-state index is -2.45. The summed E-state index contributed by atoms with van der Waals surface area (Å²) in [6.07, 6.45) is 3.11. The summed E-state index contributed by atoms with van der Waals surface area (Å²) in [4.78, 5) is 0. The Labute approximate surface area is 107 Å². The minimum Gasteiger partial charge on any atom is -0.310 e. The van der Waals surface area contributed by atoms with Crippen LogP contribution in [0.1, 0.15) is 63.3 Å². The Balaban J connectivity index is 2.17. The summed E-state index contributed by atoms with van der Waals surface area (Å²) in [5.74, 6) is 0. The predicted molar refractivity (Wildman–Crippen MR) is 66.7 cm³/mol. The van der Waals surface area contributed by atoms with E-state index in [4.69, 9.17) is 0 Å². The van der Waals surface area contributed by atoms with E-state index in [1.165, 1.54) is 4.68 Å². The van der Waals surface area contributed by atoms with E-state index in [-0.39, 0.29) is 11.7 Å². The zero-order valence-corrected chi connectivity index (χ0v) is 11.0. The van der Waals surface area contributed by atoms with Crippen LogP contribution in [0.15, 0.2) is 6.20 Å². The van der Waals surface area contributed by atoms with Gasteiger partial charge in [-0.3, -0.25) is 4.68 Å². The van der Waals surface area contributed by atoms with Gasteiger partial charge in [-0.15, -0.1) is 0 Å². The van der Waals surface area contributed by atoms with Gasteiger partial charge in [0.25, 0.3) is 6.43 Å². The molecular weight excluding hydrogens is 236 g/mol. The molecule has 1 aromatic rings. The lowest BCUT2D eigenvalue weighted by Crippen LogP contribution is -2.18. The maximum atomic E-state index is 13.2. The Hall–Kier alpha value is -0.970. The van der Waals surface area contributed by atoms with E-state index in [2.05, 4.69) is 10.4 Å². The number of halogens is 2. The second-order valence-corrected chi connectivity index (χ2v) is 4.93. The third kappa shape index (κ3) is 2.88. The fourth-order valence-electron chi connectivity index (χ4n) is 2.25. The van der Waals surface area contributed by atoms with Crippen molar-refractivity contribution in [3.05, 3.63) is 17.5 Å². The maximum absolute atomic E-state index is 13.2. The van der Waals surface area contributed by atoms with Gasteiger partial charge in [0.05, 0.1) is 12.2 Å². The number of hydrogen-bond acceptors (Lipinski definition) is 2. The lowest BCUT2D eigenvalue weighted by molar-refractivity contribution is 0.133. The summed E-state index contributed by atoms with van der Waals surface area (Å²) in [5.41, 5.74) is 0.737. The zero-order valence-electron chi connectivity index (χ0n) is 11.0. The Morgan fingerprint density at radius 2 is 2.06 bits per heavy atom. The molecule has 2 rings (SSSR count). The molecule has 0 amide bonds. The van der Waals surface area contributed by atoms with Crippen LogP contribution in [0.25, 0.3) is 0 Å². The van der Waals surface area contributed by atoms with Gasteiger partial charge in [0.2, 0.25) is 0 Å². The van der Waals surface area contributed by atoms with E-state index in [9.17, 15) is 8.78 Å². The molecule has 0 unspecified atom stereocenters. The second-order valence-electron chi connectivity index (χ2n) is 4.93. The Kier molecular flexibility index (Phi) is 4.32. The van der Waals surface area contributed by atoms with Crippen LogP contribution in [-0.2, 0) is 6.54 Å². The molecule has 3 nitrogen and oxygen atoms in total. The molecule has 0 atom stereocenters. The Morgan fingerprint density at radius 1 is 1.39 bits per heavy atom. The number of rotatable bonds is 7. The maximum Gasteiger partial charge on any atom is 0.280 e. The molecule has 102 valence electrons. The van der Waals surface area contributed by atoms with Gasteiger partial charge in [0.1, 0.15) is 5.69 Å². The van der Waals surface area contributed by atoms with E-state index in [1.807, 2.05) is 13.8 Å². The van der Waals surface area contributed by atoms with Gasteiger partial charge in [-0.25, -0.2) is 8.78 Å². The van der Waals surface area contributed by atoms with Crippen molar-refractivity contribution in [3.63, 3.8) is 0 Å². The molecule has 0 bridgehead atoms. The van der Waals surface area contributed by atoms with Crippen molar-refractivity contribution < 1.29 is 8.78 Å². The van der Waals surface area contributed by atoms with E-state index < -0.39 is 6.43 Å². The van der Waals surface area contributed by atoms with Crippen molar-refractivity contribution in [1.29, 1.82) is 0 Å². The van der Waals surface area contributed by atoms with Crippen molar-refractivity contribution in [2.75, 3.05) is 0 Å². The van der Waals surface area contributed by atoms with E-state index in [0.29, 0.717) is 18.2 Å². The molecule has 0 saturated heterocycles. The van der Waals surface area contributed by atoms with E-state index in [0.717, 1.165) is 25.7 Å². The monoisotopic (exact) mass is 257 g/mol. The molecule has 0 radical (unpaired) electrons.